The first kappa shape index (κ1) is 35.2. The van der Waals surface area contributed by atoms with Gasteiger partial charge in [-0.15, -0.1) is 11.3 Å². The zero-order valence-corrected chi connectivity index (χ0v) is 28.3. The number of sulfonamides is 1. The van der Waals surface area contributed by atoms with Gasteiger partial charge in [0.25, 0.3) is 15.9 Å². The molecule has 4 amide bonds. The van der Waals surface area contributed by atoms with Gasteiger partial charge in [0.2, 0.25) is 11.8 Å². The minimum atomic E-state index is -4.53. The van der Waals surface area contributed by atoms with Crippen LogP contribution in [0.4, 0.5) is 4.79 Å². The summed E-state index contributed by atoms with van der Waals surface area (Å²) in [5.41, 5.74) is -2.46. The van der Waals surface area contributed by atoms with Crippen molar-refractivity contribution in [1.29, 1.82) is 0 Å². The summed E-state index contributed by atoms with van der Waals surface area (Å²) in [7, 11) is -2.20. The highest BCUT2D eigenvalue weighted by Gasteiger charge is 2.61. The number of nitrogens with one attached hydrogen (secondary N) is 3. The Morgan fingerprint density at radius 2 is 1.83 bits per heavy atom. The van der Waals surface area contributed by atoms with E-state index in [9.17, 15) is 32.4 Å². The number of hydrogen-bond acceptors (Lipinski definition) is 11. The third-order valence-corrected chi connectivity index (χ3v) is 10.9. The van der Waals surface area contributed by atoms with Crippen molar-refractivity contribution in [1.82, 2.24) is 20.3 Å². The van der Waals surface area contributed by atoms with Crippen molar-refractivity contribution in [3.63, 3.8) is 0 Å². The van der Waals surface area contributed by atoms with Crippen LogP contribution in [0.2, 0.25) is 0 Å². The Balaban J connectivity index is 1.58. The maximum absolute atomic E-state index is 13.8. The van der Waals surface area contributed by atoms with Gasteiger partial charge in [0.1, 0.15) is 28.8 Å². The first-order valence-electron chi connectivity index (χ1n) is 15.2. The van der Waals surface area contributed by atoms with Crippen LogP contribution < -0.4 is 20.1 Å². The van der Waals surface area contributed by atoms with Crippen molar-refractivity contribution in [3.8, 4) is 5.75 Å². The van der Waals surface area contributed by atoms with Crippen LogP contribution in [0.15, 0.2) is 21.7 Å². The lowest BCUT2D eigenvalue weighted by Crippen LogP contribution is -2.58. The summed E-state index contributed by atoms with van der Waals surface area (Å²) in [5.74, 6) is -3.52. The highest BCUT2D eigenvalue weighted by Crippen LogP contribution is 2.46. The summed E-state index contributed by atoms with van der Waals surface area (Å²) in [6.45, 7) is 5.44. The van der Waals surface area contributed by atoms with Gasteiger partial charge in [-0.05, 0) is 59.3 Å². The maximum Gasteiger partial charge on any atom is 0.408 e. The number of esters is 1. The van der Waals surface area contributed by atoms with E-state index in [1.54, 1.807) is 26.8 Å². The van der Waals surface area contributed by atoms with Crippen LogP contribution in [0.25, 0.3) is 0 Å². The van der Waals surface area contributed by atoms with E-state index in [1.165, 1.54) is 17.4 Å². The van der Waals surface area contributed by atoms with Gasteiger partial charge >= 0.3 is 12.1 Å². The molecule has 3 aliphatic rings. The lowest BCUT2D eigenvalue weighted by Gasteiger charge is -2.30. The van der Waals surface area contributed by atoms with Crippen LogP contribution in [-0.2, 0) is 33.9 Å². The number of rotatable bonds is 6. The fourth-order valence-corrected chi connectivity index (χ4v) is 8.22. The predicted octanol–water partition coefficient (Wildman–Crippen LogP) is 2.63. The molecule has 0 unspecified atom stereocenters. The molecule has 0 aromatic carbocycles. The monoisotopic (exact) mass is 682 g/mol. The number of methoxy groups -OCH3 is 2. The topological polar surface area (TPSA) is 187 Å². The molecule has 1 saturated carbocycles. The Kier molecular flexibility index (Phi) is 10.7. The molecule has 0 bridgehead atoms. The zero-order valence-electron chi connectivity index (χ0n) is 26.7. The number of carbonyl (C=O) groups is 5. The molecule has 4 rings (SSSR count). The highest BCUT2D eigenvalue weighted by atomic mass is 32.2. The summed E-state index contributed by atoms with van der Waals surface area (Å²) in [5, 5.41) is 6.72. The molecule has 1 aliphatic carbocycles. The van der Waals surface area contributed by atoms with Gasteiger partial charge in [0.05, 0.1) is 14.2 Å². The summed E-state index contributed by atoms with van der Waals surface area (Å²) in [6, 6.07) is -1.83. The molecule has 1 aromatic rings. The quantitative estimate of drug-likeness (QED) is 0.298. The lowest BCUT2D eigenvalue weighted by molar-refractivity contribution is -0.141. The first-order chi connectivity index (χ1) is 21.6. The van der Waals surface area contributed by atoms with Gasteiger partial charge in [-0.3, -0.25) is 14.4 Å². The van der Waals surface area contributed by atoms with Crippen molar-refractivity contribution >= 4 is 51.1 Å². The second-order valence-electron chi connectivity index (χ2n) is 12.6. The molecule has 46 heavy (non-hydrogen) atoms. The van der Waals surface area contributed by atoms with E-state index < -0.39 is 73.2 Å². The number of allylic oxidation sites excluding steroid dienone is 1. The molecule has 1 aromatic heterocycles. The van der Waals surface area contributed by atoms with Gasteiger partial charge < -0.3 is 29.7 Å². The van der Waals surface area contributed by atoms with E-state index in [1.807, 2.05) is 6.08 Å². The molecule has 0 radical (unpaired) electrons. The molecule has 3 N–H and O–H groups in total. The summed E-state index contributed by atoms with van der Waals surface area (Å²) >= 11 is 0.685. The number of amides is 4. The number of ether oxygens (including phenoxy) is 3. The van der Waals surface area contributed by atoms with Gasteiger partial charge in [0, 0.05) is 17.8 Å². The Bertz CT molecular complexity index is 1500. The van der Waals surface area contributed by atoms with Crippen molar-refractivity contribution in [3.05, 3.63) is 23.1 Å². The normalized spacial score (nSPS) is 25.6. The maximum atomic E-state index is 13.8. The second-order valence-corrected chi connectivity index (χ2v) is 15.4. The molecule has 3 heterocycles. The minimum absolute atomic E-state index is 0.110. The summed E-state index contributed by atoms with van der Waals surface area (Å²) in [4.78, 5) is 67.3. The highest BCUT2D eigenvalue weighted by molar-refractivity contribution is 7.92. The summed E-state index contributed by atoms with van der Waals surface area (Å²) in [6.07, 6.45) is 7.21. The van der Waals surface area contributed by atoms with Crippen molar-refractivity contribution < 1.29 is 46.6 Å². The van der Waals surface area contributed by atoms with Crippen LogP contribution >= 0.6 is 11.3 Å². The van der Waals surface area contributed by atoms with Crippen molar-refractivity contribution in [2.45, 2.75) is 99.6 Å². The third-order valence-electron chi connectivity index (χ3n) is 8.12. The van der Waals surface area contributed by atoms with Crippen LogP contribution in [0, 0.1) is 5.92 Å². The Morgan fingerprint density at radius 3 is 2.50 bits per heavy atom. The number of carbonyl (C=O) groups excluding carboxylic acids is 5. The SMILES string of the molecule is COC(=O)c1csc(S(=O)(=O)NC(=O)[C@@]23C[C@H]2C=CCCCCC[C@H](NC(=O)OC(C)(C)C)C(=O)N2CCC[C@H]2C(=O)N3)c1OC. The zero-order chi connectivity index (χ0) is 33.9. The number of fused-ring (bicyclic) bond motifs is 2. The Hall–Kier alpha value is -3.66. The van der Waals surface area contributed by atoms with E-state index in [0.29, 0.717) is 43.4 Å². The second kappa shape index (κ2) is 14.0. The van der Waals surface area contributed by atoms with E-state index in [-0.39, 0.29) is 24.3 Å². The number of hydrogen-bond donors (Lipinski definition) is 3. The minimum Gasteiger partial charge on any atom is -0.493 e. The van der Waals surface area contributed by atoms with E-state index in [0.717, 1.165) is 20.0 Å². The molecule has 2 fully saturated rings. The van der Waals surface area contributed by atoms with E-state index in [2.05, 4.69) is 20.1 Å². The van der Waals surface area contributed by atoms with Gasteiger partial charge in [-0.25, -0.2) is 22.7 Å². The van der Waals surface area contributed by atoms with Crippen molar-refractivity contribution in [2.75, 3.05) is 20.8 Å². The lowest BCUT2D eigenvalue weighted by atomic mass is 10.0. The average Bonchev–Trinajstić information content (AvgIpc) is 3.30. The molecule has 1 saturated heterocycles. The molecule has 14 nitrogen and oxygen atoms in total. The van der Waals surface area contributed by atoms with Crippen LogP contribution in [0.1, 0.15) is 82.5 Å². The number of nitrogens with zero attached hydrogens (tertiary/aromatic N) is 1. The smallest absolute Gasteiger partial charge is 0.408 e. The average molecular weight is 683 g/mol. The first-order valence-corrected chi connectivity index (χ1v) is 17.6. The Labute approximate surface area is 272 Å². The number of alkyl carbamates (subject to hydrolysis) is 1. The standard InChI is InChI=1S/C30H42N4O10S2/c1-29(2,3)44-28(39)31-20-13-10-8-6-7-9-12-18-16-30(18,32-23(35)21-14-11-15-34(21)24(20)36)27(38)33-46(40,41)26-22(42-4)19(17-45-26)25(37)43-5/h9,12,17-18,20-21H,6-8,10-11,13-16H2,1-5H3,(H,31,39)(H,32,35)(H,33,38)/t18-,20+,21+,30-/m1/s1. The molecule has 4 atom stereocenters. The molecule has 254 valence electrons. The van der Waals surface area contributed by atoms with Gasteiger partial charge in [-0.1, -0.05) is 25.0 Å². The Morgan fingerprint density at radius 1 is 1.09 bits per heavy atom. The molecule has 16 heteroatoms. The van der Waals surface area contributed by atoms with Crippen LogP contribution in [0.5, 0.6) is 5.75 Å². The fourth-order valence-electron chi connectivity index (χ4n) is 5.76. The largest absolute Gasteiger partial charge is 0.493 e. The van der Waals surface area contributed by atoms with Crippen LogP contribution in [0.3, 0.4) is 0 Å². The molecule has 0 spiro atoms. The summed E-state index contributed by atoms with van der Waals surface area (Å²) < 4.78 is 43.7. The van der Waals surface area contributed by atoms with Gasteiger partial charge in [0.15, 0.2) is 9.96 Å². The van der Waals surface area contributed by atoms with Gasteiger partial charge in [-0.2, -0.15) is 0 Å². The third kappa shape index (κ3) is 7.82. The van der Waals surface area contributed by atoms with Crippen molar-refractivity contribution in [2.24, 2.45) is 5.92 Å². The molecular weight excluding hydrogens is 640 g/mol. The van der Waals surface area contributed by atoms with E-state index in [4.69, 9.17) is 9.47 Å². The molecular formula is C30H42N4O10S2. The number of thiophene rings is 1. The predicted molar refractivity (Wildman–Crippen MR) is 167 cm³/mol. The van der Waals surface area contributed by atoms with Crippen LogP contribution in [-0.4, -0.2) is 87.1 Å². The van der Waals surface area contributed by atoms with E-state index >= 15 is 0 Å². The molecule has 2 aliphatic heterocycles. The fraction of sp³-hybridized carbons (Fsp3) is 0.633.